The molecule has 0 aliphatic rings. The van der Waals surface area contributed by atoms with E-state index in [9.17, 15) is 0 Å². The van der Waals surface area contributed by atoms with Crippen molar-refractivity contribution in [2.75, 3.05) is 0 Å². The van der Waals surface area contributed by atoms with Gasteiger partial charge in [-0.1, -0.05) is 30.3 Å². The second kappa shape index (κ2) is 3.90. The zero-order valence-electron chi connectivity index (χ0n) is 8.03. The maximum Gasteiger partial charge on any atom is 0.0904 e. The smallest absolute Gasteiger partial charge is 0.0904 e. The van der Waals surface area contributed by atoms with Crippen LogP contribution in [-0.4, -0.2) is 4.98 Å². The molecule has 1 aromatic heterocycles. The molecule has 14 heavy (non-hydrogen) atoms. The lowest BCUT2D eigenvalue weighted by molar-refractivity contribution is 1.00. The first-order chi connectivity index (χ1) is 6.81. The Hall–Kier alpha value is -1.19. The van der Waals surface area contributed by atoms with Crippen molar-refractivity contribution >= 4 is 11.3 Å². The lowest BCUT2D eigenvalue weighted by Crippen LogP contribution is -1.98. The van der Waals surface area contributed by atoms with Crippen LogP contribution in [0.15, 0.2) is 30.3 Å². The van der Waals surface area contributed by atoms with Crippen LogP contribution in [0.4, 0.5) is 0 Å². The van der Waals surface area contributed by atoms with E-state index in [4.69, 9.17) is 5.73 Å². The van der Waals surface area contributed by atoms with Crippen molar-refractivity contribution in [3.63, 3.8) is 0 Å². The maximum absolute atomic E-state index is 5.65. The lowest BCUT2D eigenvalue weighted by atomic mass is 10.1. The topological polar surface area (TPSA) is 38.9 Å². The molecule has 2 N–H and O–H groups in total. The molecule has 1 heterocycles. The molecule has 0 bridgehead atoms. The fourth-order valence-electron chi connectivity index (χ4n) is 1.42. The van der Waals surface area contributed by atoms with Gasteiger partial charge >= 0.3 is 0 Å². The molecule has 2 nitrogen and oxygen atoms in total. The molecule has 0 amide bonds. The fourth-order valence-corrected chi connectivity index (χ4v) is 2.38. The molecule has 0 spiro atoms. The van der Waals surface area contributed by atoms with E-state index in [2.05, 4.69) is 17.1 Å². The van der Waals surface area contributed by atoms with E-state index in [0.717, 1.165) is 10.7 Å². The highest BCUT2D eigenvalue weighted by Crippen LogP contribution is 2.29. The van der Waals surface area contributed by atoms with E-state index >= 15 is 0 Å². The van der Waals surface area contributed by atoms with Crippen LogP contribution in [0.3, 0.4) is 0 Å². The van der Waals surface area contributed by atoms with Crippen LogP contribution in [0, 0.1) is 6.92 Å². The van der Waals surface area contributed by atoms with Gasteiger partial charge in [-0.3, -0.25) is 0 Å². The summed E-state index contributed by atoms with van der Waals surface area (Å²) in [6.07, 6.45) is 0. The Balaban J connectivity index is 2.51. The highest BCUT2D eigenvalue weighted by molar-refractivity contribution is 7.15. The van der Waals surface area contributed by atoms with E-state index in [1.54, 1.807) is 11.3 Å². The van der Waals surface area contributed by atoms with Gasteiger partial charge in [-0.2, -0.15) is 0 Å². The molecule has 0 aliphatic carbocycles. The normalized spacial score (nSPS) is 10.4. The maximum atomic E-state index is 5.65. The van der Waals surface area contributed by atoms with Crippen molar-refractivity contribution in [2.45, 2.75) is 13.5 Å². The predicted molar refractivity (Wildman–Crippen MR) is 60.2 cm³/mol. The van der Waals surface area contributed by atoms with E-state index in [1.807, 2.05) is 25.1 Å². The summed E-state index contributed by atoms with van der Waals surface area (Å²) >= 11 is 1.70. The highest BCUT2D eigenvalue weighted by atomic mass is 32.1. The first-order valence-electron chi connectivity index (χ1n) is 4.53. The summed E-state index contributed by atoms with van der Waals surface area (Å²) in [5.74, 6) is 0. The number of hydrogen-bond donors (Lipinski definition) is 1. The van der Waals surface area contributed by atoms with Crippen molar-refractivity contribution in [1.82, 2.24) is 4.98 Å². The molecule has 2 rings (SSSR count). The van der Waals surface area contributed by atoms with E-state index in [0.29, 0.717) is 6.54 Å². The first-order valence-corrected chi connectivity index (χ1v) is 5.34. The third-order valence-electron chi connectivity index (χ3n) is 2.03. The van der Waals surface area contributed by atoms with Gasteiger partial charge in [0.05, 0.1) is 15.6 Å². The Labute approximate surface area is 87.4 Å². The molecular formula is C11H12N2S. The number of nitrogens with two attached hydrogens (primary N) is 1. The summed E-state index contributed by atoms with van der Waals surface area (Å²) in [7, 11) is 0. The summed E-state index contributed by atoms with van der Waals surface area (Å²) in [5.41, 5.74) is 7.85. The van der Waals surface area contributed by atoms with Crippen molar-refractivity contribution in [3.8, 4) is 10.4 Å². The van der Waals surface area contributed by atoms with Crippen LogP contribution in [0.1, 0.15) is 10.7 Å². The Morgan fingerprint density at radius 3 is 2.64 bits per heavy atom. The summed E-state index contributed by atoms with van der Waals surface area (Å²) in [6.45, 7) is 2.52. The lowest BCUT2D eigenvalue weighted by Gasteiger charge is -1.98. The number of aromatic nitrogens is 1. The number of hydrogen-bond acceptors (Lipinski definition) is 3. The average molecular weight is 204 g/mol. The number of rotatable bonds is 2. The van der Waals surface area contributed by atoms with Crippen LogP contribution in [0.25, 0.3) is 10.4 Å². The monoisotopic (exact) mass is 204 g/mol. The SMILES string of the molecule is Cc1nc(CN)c(-c2ccccc2)s1. The predicted octanol–water partition coefficient (Wildman–Crippen LogP) is 2.58. The molecule has 2 aromatic rings. The zero-order chi connectivity index (χ0) is 9.97. The van der Waals surface area contributed by atoms with Crippen LogP contribution < -0.4 is 5.73 Å². The van der Waals surface area contributed by atoms with Crippen molar-refractivity contribution < 1.29 is 0 Å². The van der Waals surface area contributed by atoms with Gasteiger partial charge in [0.15, 0.2) is 0 Å². The number of benzene rings is 1. The van der Waals surface area contributed by atoms with Gasteiger partial charge in [0.1, 0.15) is 0 Å². The standard InChI is InChI=1S/C11H12N2S/c1-8-13-10(7-12)11(14-8)9-5-3-2-4-6-9/h2-6H,7,12H2,1H3. The van der Waals surface area contributed by atoms with Gasteiger partial charge in [-0.25, -0.2) is 4.98 Å². The van der Waals surface area contributed by atoms with Crippen LogP contribution in [0.2, 0.25) is 0 Å². The molecule has 0 atom stereocenters. The molecule has 0 saturated carbocycles. The summed E-state index contributed by atoms with van der Waals surface area (Å²) in [6, 6.07) is 10.3. The number of thiazole rings is 1. The molecule has 0 radical (unpaired) electrons. The van der Waals surface area contributed by atoms with Crippen LogP contribution >= 0.6 is 11.3 Å². The van der Waals surface area contributed by atoms with Gasteiger partial charge in [0.25, 0.3) is 0 Å². The largest absolute Gasteiger partial charge is 0.325 e. The average Bonchev–Trinajstić information content (AvgIpc) is 2.61. The quantitative estimate of drug-likeness (QED) is 0.816. The van der Waals surface area contributed by atoms with Gasteiger partial charge in [0.2, 0.25) is 0 Å². The minimum Gasteiger partial charge on any atom is -0.325 e. The summed E-state index contributed by atoms with van der Waals surface area (Å²) in [4.78, 5) is 5.60. The summed E-state index contributed by atoms with van der Waals surface area (Å²) in [5, 5.41) is 1.07. The summed E-state index contributed by atoms with van der Waals surface area (Å²) < 4.78 is 0. The number of aryl methyl sites for hydroxylation is 1. The van der Waals surface area contributed by atoms with Gasteiger partial charge in [-0.05, 0) is 12.5 Å². The van der Waals surface area contributed by atoms with Crippen molar-refractivity contribution in [2.24, 2.45) is 5.73 Å². The minimum atomic E-state index is 0.508. The third-order valence-corrected chi connectivity index (χ3v) is 3.10. The Morgan fingerprint density at radius 2 is 2.00 bits per heavy atom. The molecule has 0 fully saturated rings. The second-order valence-corrected chi connectivity index (χ2v) is 4.28. The minimum absolute atomic E-state index is 0.508. The Bertz CT molecular complexity index is 420. The van der Waals surface area contributed by atoms with Gasteiger partial charge in [0, 0.05) is 6.54 Å². The van der Waals surface area contributed by atoms with E-state index < -0.39 is 0 Å². The van der Waals surface area contributed by atoms with Crippen LogP contribution in [0.5, 0.6) is 0 Å². The van der Waals surface area contributed by atoms with Crippen molar-refractivity contribution in [1.29, 1.82) is 0 Å². The Kier molecular flexibility index (Phi) is 2.61. The second-order valence-electron chi connectivity index (χ2n) is 3.08. The van der Waals surface area contributed by atoms with E-state index in [-0.39, 0.29) is 0 Å². The van der Waals surface area contributed by atoms with E-state index in [1.165, 1.54) is 10.4 Å². The van der Waals surface area contributed by atoms with Crippen molar-refractivity contribution in [3.05, 3.63) is 41.0 Å². The number of nitrogens with zero attached hydrogens (tertiary/aromatic N) is 1. The molecule has 1 aromatic carbocycles. The molecule has 0 aliphatic heterocycles. The molecule has 0 unspecified atom stereocenters. The third kappa shape index (κ3) is 1.69. The zero-order valence-corrected chi connectivity index (χ0v) is 8.84. The first kappa shape index (κ1) is 9.37. The molecule has 72 valence electrons. The van der Waals surface area contributed by atoms with Crippen LogP contribution in [-0.2, 0) is 6.54 Å². The van der Waals surface area contributed by atoms with Gasteiger partial charge < -0.3 is 5.73 Å². The molecular weight excluding hydrogens is 192 g/mol. The Morgan fingerprint density at radius 1 is 1.29 bits per heavy atom. The highest BCUT2D eigenvalue weighted by Gasteiger charge is 2.08. The fraction of sp³-hybridized carbons (Fsp3) is 0.182. The van der Waals surface area contributed by atoms with Gasteiger partial charge in [-0.15, -0.1) is 11.3 Å². The molecule has 0 saturated heterocycles. The molecule has 3 heteroatoms.